The van der Waals surface area contributed by atoms with Gasteiger partial charge in [0.15, 0.2) is 0 Å². The zero-order valence-corrected chi connectivity index (χ0v) is 13.0. The molecular weight excluding hydrogens is 280 g/mol. The van der Waals surface area contributed by atoms with Gasteiger partial charge in [0.25, 0.3) is 0 Å². The highest BCUT2D eigenvalue weighted by Crippen LogP contribution is 1.87. The van der Waals surface area contributed by atoms with Crippen molar-refractivity contribution in [1.29, 1.82) is 0 Å². The van der Waals surface area contributed by atoms with Gasteiger partial charge in [-0.2, -0.15) is 0 Å². The average molecular weight is 302 g/mol. The molecule has 0 unspecified atom stereocenters. The summed E-state index contributed by atoms with van der Waals surface area (Å²) in [4.78, 5) is 21.9. The highest BCUT2D eigenvalue weighted by molar-refractivity contribution is 5.82. The van der Waals surface area contributed by atoms with E-state index in [-0.39, 0.29) is 11.9 Å². The van der Waals surface area contributed by atoms with E-state index in [9.17, 15) is 9.59 Å². The minimum Gasteiger partial charge on any atom is -0.463 e. The van der Waals surface area contributed by atoms with E-state index in [0.29, 0.717) is 13.2 Å². The van der Waals surface area contributed by atoms with Crippen LogP contribution in [0.5, 0.6) is 0 Å². The Morgan fingerprint density at radius 1 is 0.591 bits per heavy atom. The van der Waals surface area contributed by atoms with Crippen LogP contribution in [0.2, 0.25) is 0 Å². The smallest absolute Gasteiger partial charge is 0.330 e. The number of carbonyl (C=O) groups is 2. The highest BCUT2D eigenvalue weighted by Gasteiger charge is 1.90. The molecule has 0 rings (SSSR count). The Morgan fingerprint density at radius 2 is 0.864 bits per heavy atom. The maximum Gasteiger partial charge on any atom is 0.330 e. The number of ether oxygens (including phenoxy) is 2. The number of allylic oxidation sites excluding steroid dienone is 10. The summed E-state index contributed by atoms with van der Waals surface area (Å²) in [7, 11) is 0. The predicted molar refractivity (Wildman–Crippen MR) is 88.1 cm³/mol. The zero-order chi connectivity index (χ0) is 16.5. The molecule has 0 atom stereocenters. The molecule has 0 N–H and O–H groups in total. The highest BCUT2D eigenvalue weighted by atomic mass is 16.5. The summed E-state index contributed by atoms with van der Waals surface area (Å²) < 4.78 is 9.46. The van der Waals surface area contributed by atoms with Crippen molar-refractivity contribution in [2.75, 3.05) is 13.2 Å². The lowest BCUT2D eigenvalue weighted by Crippen LogP contribution is -1.98. The van der Waals surface area contributed by atoms with Crippen molar-refractivity contribution >= 4 is 11.9 Å². The molecule has 0 saturated heterocycles. The van der Waals surface area contributed by atoms with Crippen LogP contribution >= 0.6 is 0 Å². The van der Waals surface area contributed by atoms with E-state index < -0.39 is 0 Å². The fourth-order valence-electron chi connectivity index (χ4n) is 1.16. The van der Waals surface area contributed by atoms with Crippen molar-refractivity contribution in [1.82, 2.24) is 0 Å². The molecule has 4 nitrogen and oxygen atoms in total. The second kappa shape index (κ2) is 14.8. The van der Waals surface area contributed by atoms with Gasteiger partial charge in [-0.05, 0) is 13.8 Å². The second-order valence-corrected chi connectivity index (χ2v) is 3.76. The summed E-state index contributed by atoms with van der Waals surface area (Å²) in [5.41, 5.74) is 0. The molecular formula is C18H22O4. The van der Waals surface area contributed by atoms with Crippen LogP contribution in [0.3, 0.4) is 0 Å². The average Bonchev–Trinajstić information content (AvgIpc) is 2.49. The van der Waals surface area contributed by atoms with Gasteiger partial charge in [0.05, 0.1) is 13.2 Å². The number of esters is 2. The Balaban J connectivity index is 3.93. The summed E-state index contributed by atoms with van der Waals surface area (Å²) in [5, 5.41) is 0. The number of hydrogen-bond acceptors (Lipinski definition) is 4. The van der Waals surface area contributed by atoms with Gasteiger partial charge in [0.1, 0.15) is 0 Å². The Labute approximate surface area is 131 Å². The van der Waals surface area contributed by atoms with Crippen molar-refractivity contribution < 1.29 is 19.1 Å². The molecule has 0 saturated carbocycles. The Bertz CT molecular complexity index is 445. The molecule has 0 radical (unpaired) electrons. The van der Waals surface area contributed by atoms with E-state index >= 15 is 0 Å². The zero-order valence-electron chi connectivity index (χ0n) is 13.0. The number of rotatable bonds is 9. The van der Waals surface area contributed by atoms with Gasteiger partial charge in [-0.15, -0.1) is 0 Å². The van der Waals surface area contributed by atoms with Gasteiger partial charge in [-0.1, -0.05) is 60.8 Å². The lowest BCUT2D eigenvalue weighted by Gasteiger charge is -1.92. The predicted octanol–water partition coefficient (Wildman–Crippen LogP) is 3.45. The minimum atomic E-state index is -0.350. The quantitative estimate of drug-likeness (QED) is 0.372. The Hall–Kier alpha value is -2.62. The van der Waals surface area contributed by atoms with Crippen LogP contribution in [-0.2, 0) is 19.1 Å². The van der Waals surface area contributed by atoms with Gasteiger partial charge in [-0.25, -0.2) is 9.59 Å². The first-order chi connectivity index (χ1) is 10.7. The van der Waals surface area contributed by atoms with E-state index in [1.807, 2.05) is 24.3 Å². The fourth-order valence-corrected chi connectivity index (χ4v) is 1.16. The van der Waals surface area contributed by atoms with Crippen LogP contribution < -0.4 is 0 Å². The van der Waals surface area contributed by atoms with E-state index in [1.165, 1.54) is 12.2 Å². The van der Waals surface area contributed by atoms with Crippen molar-refractivity contribution in [3.63, 3.8) is 0 Å². The molecule has 0 bridgehead atoms. The number of hydrogen-bond donors (Lipinski definition) is 0. The Kier molecular flexibility index (Phi) is 13.0. The topological polar surface area (TPSA) is 52.6 Å². The lowest BCUT2D eigenvalue weighted by molar-refractivity contribution is -0.138. The molecule has 22 heavy (non-hydrogen) atoms. The van der Waals surface area contributed by atoms with Gasteiger partial charge in [0, 0.05) is 12.2 Å². The monoisotopic (exact) mass is 302 g/mol. The van der Waals surface area contributed by atoms with Crippen LogP contribution in [-0.4, -0.2) is 25.2 Å². The fraction of sp³-hybridized carbons (Fsp3) is 0.222. The minimum absolute atomic E-state index is 0.350. The molecule has 0 aliphatic heterocycles. The SMILES string of the molecule is CCOC(=O)C=CC=CC=CC=CC=CC=CC(=O)OCC. The Morgan fingerprint density at radius 3 is 1.14 bits per heavy atom. The summed E-state index contributed by atoms with van der Waals surface area (Å²) >= 11 is 0. The molecule has 4 heteroatoms. The molecule has 0 spiro atoms. The van der Waals surface area contributed by atoms with E-state index in [1.54, 1.807) is 50.3 Å². The number of carbonyl (C=O) groups excluding carboxylic acids is 2. The standard InChI is InChI=1S/C18H22O4/c1-3-21-17(19)15-13-11-9-7-5-6-8-10-12-14-16-18(20)22-4-2/h5-16H,3-4H2,1-2H3. The summed E-state index contributed by atoms with van der Waals surface area (Å²) in [6, 6.07) is 0. The van der Waals surface area contributed by atoms with Crippen molar-refractivity contribution in [3.05, 3.63) is 72.9 Å². The summed E-state index contributed by atoms with van der Waals surface area (Å²) in [6.45, 7) is 4.27. The van der Waals surface area contributed by atoms with Crippen molar-refractivity contribution in [2.45, 2.75) is 13.8 Å². The molecule has 0 aliphatic carbocycles. The van der Waals surface area contributed by atoms with Crippen LogP contribution in [0.15, 0.2) is 72.9 Å². The van der Waals surface area contributed by atoms with E-state index in [2.05, 4.69) is 0 Å². The molecule has 0 heterocycles. The first-order valence-electron chi connectivity index (χ1n) is 7.05. The third-order valence-electron chi connectivity index (χ3n) is 2.04. The summed E-state index contributed by atoms with van der Waals surface area (Å²) in [6.07, 6.45) is 20.4. The first kappa shape index (κ1) is 19.4. The normalized spacial score (nSPS) is 12.6. The molecule has 0 amide bonds. The first-order valence-corrected chi connectivity index (χ1v) is 7.05. The van der Waals surface area contributed by atoms with Gasteiger partial charge < -0.3 is 9.47 Å². The lowest BCUT2D eigenvalue weighted by atomic mass is 10.3. The molecule has 118 valence electrons. The van der Waals surface area contributed by atoms with Gasteiger partial charge in [0.2, 0.25) is 0 Å². The molecule has 0 aliphatic rings. The van der Waals surface area contributed by atoms with Crippen molar-refractivity contribution in [2.24, 2.45) is 0 Å². The summed E-state index contributed by atoms with van der Waals surface area (Å²) in [5.74, 6) is -0.700. The second-order valence-electron chi connectivity index (χ2n) is 3.76. The molecule has 0 aromatic heterocycles. The van der Waals surface area contributed by atoms with Gasteiger partial charge >= 0.3 is 11.9 Å². The third-order valence-corrected chi connectivity index (χ3v) is 2.04. The molecule has 0 aromatic carbocycles. The van der Waals surface area contributed by atoms with Crippen LogP contribution in [0.25, 0.3) is 0 Å². The largest absolute Gasteiger partial charge is 0.463 e. The molecule has 0 aromatic rings. The van der Waals surface area contributed by atoms with Crippen molar-refractivity contribution in [3.8, 4) is 0 Å². The molecule has 0 fully saturated rings. The van der Waals surface area contributed by atoms with Crippen LogP contribution in [0.4, 0.5) is 0 Å². The third kappa shape index (κ3) is 13.8. The van der Waals surface area contributed by atoms with Crippen LogP contribution in [0, 0.1) is 0 Å². The van der Waals surface area contributed by atoms with E-state index in [4.69, 9.17) is 9.47 Å². The van der Waals surface area contributed by atoms with E-state index in [0.717, 1.165) is 0 Å². The maximum absolute atomic E-state index is 11.0. The van der Waals surface area contributed by atoms with Crippen LogP contribution in [0.1, 0.15) is 13.8 Å². The van der Waals surface area contributed by atoms with Gasteiger partial charge in [-0.3, -0.25) is 0 Å². The maximum atomic E-state index is 11.0.